The molecule has 2 aromatic rings. The molecule has 0 saturated carbocycles. The minimum atomic E-state index is -0.499. The average Bonchev–Trinajstić information content (AvgIpc) is 3.17. The standard InChI is InChI=1S/C15H11N3O3S/c1-2-20-15(19)13-11(12-4-3-5-21-12)9-22-14(13)18-8-10(6-16)7-17/h3-5,8-9,18H,2H2,1H3. The lowest BCUT2D eigenvalue weighted by Crippen LogP contribution is -2.07. The zero-order chi connectivity index (χ0) is 15.9. The Labute approximate surface area is 130 Å². The first kappa shape index (κ1) is 15.4. The molecule has 0 aliphatic carbocycles. The minimum absolute atomic E-state index is 0.0947. The number of hydrogen-bond acceptors (Lipinski definition) is 7. The van der Waals surface area contributed by atoms with Crippen LogP contribution in [-0.4, -0.2) is 12.6 Å². The van der Waals surface area contributed by atoms with Crippen molar-refractivity contribution in [3.05, 3.63) is 41.1 Å². The Hall–Kier alpha value is -3.03. The van der Waals surface area contributed by atoms with Gasteiger partial charge in [0, 0.05) is 17.1 Å². The molecule has 0 unspecified atom stereocenters. The summed E-state index contributed by atoms with van der Waals surface area (Å²) in [5.41, 5.74) is 0.816. The van der Waals surface area contributed by atoms with Crippen molar-refractivity contribution >= 4 is 22.3 Å². The van der Waals surface area contributed by atoms with Gasteiger partial charge in [0.2, 0.25) is 0 Å². The van der Waals surface area contributed by atoms with E-state index in [1.807, 2.05) is 0 Å². The number of nitriles is 2. The molecule has 110 valence electrons. The van der Waals surface area contributed by atoms with E-state index in [-0.39, 0.29) is 12.2 Å². The van der Waals surface area contributed by atoms with Crippen LogP contribution in [0.4, 0.5) is 5.00 Å². The SMILES string of the molecule is CCOC(=O)c1c(-c2ccco2)csc1NC=C(C#N)C#N. The van der Waals surface area contributed by atoms with Crippen LogP contribution < -0.4 is 5.32 Å². The molecule has 0 spiro atoms. The monoisotopic (exact) mass is 313 g/mol. The van der Waals surface area contributed by atoms with E-state index >= 15 is 0 Å². The fourth-order valence-electron chi connectivity index (χ4n) is 1.71. The molecule has 2 aromatic heterocycles. The van der Waals surface area contributed by atoms with E-state index in [0.717, 1.165) is 0 Å². The molecule has 0 bridgehead atoms. The summed E-state index contributed by atoms with van der Waals surface area (Å²) < 4.78 is 10.4. The Bertz CT molecular complexity index is 760. The van der Waals surface area contributed by atoms with Crippen LogP contribution in [0.25, 0.3) is 11.3 Å². The number of nitrogens with zero attached hydrogens (tertiary/aromatic N) is 2. The van der Waals surface area contributed by atoms with Crippen molar-refractivity contribution in [3.8, 4) is 23.5 Å². The maximum absolute atomic E-state index is 12.2. The van der Waals surface area contributed by atoms with Crippen molar-refractivity contribution in [2.45, 2.75) is 6.92 Å². The van der Waals surface area contributed by atoms with Gasteiger partial charge in [0.05, 0.1) is 12.9 Å². The highest BCUT2D eigenvalue weighted by atomic mass is 32.1. The van der Waals surface area contributed by atoms with Gasteiger partial charge in [-0.05, 0) is 19.1 Å². The number of esters is 1. The van der Waals surface area contributed by atoms with Gasteiger partial charge >= 0.3 is 5.97 Å². The average molecular weight is 313 g/mol. The van der Waals surface area contributed by atoms with Gasteiger partial charge in [0.25, 0.3) is 0 Å². The summed E-state index contributed by atoms with van der Waals surface area (Å²) in [5, 5.41) is 22.5. The molecular formula is C15H11N3O3S. The largest absolute Gasteiger partial charge is 0.464 e. The van der Waals surface area contributed by atoms with Crippen LogP contribution >= 0.6 is 11.3 Å². The van der Waals surface area contributed by atoms with Crippen molar-refractivity contribution < 1.29 is 13.9 Å². The highest BCUT2D eigenvalue weighted by molar-refractivity contribution is 7.15. The van der Waals surface area contributed by atoms with Gasteiger partial charge in [0.1, 0.15) is 34.0 Å². The molecule has 22 heavy (non-hydrogen) atoms. The second-order valence-corrected chi connectivity index (χ2v) is 4.86. The highest BCUT2D eigenvalue weighted by Crippen LogP contribution is 2.36. The third-order valence-electron chi connectivity index (χ3n) is 2.65. The van der Waals surface area contributed by atoms with Crippen molar-refractivity contribution in [1.29, 1.82) is 10.5 Å². The smallest absolute Gasteiger partial charge is 0.341 e. The van der Waals surface area contributed by atoms with Crippen molar-refractivity contribution in [2.24, 2.45) is 0 Å². The van der Waals surface area contributed by atoms with E-state index in [1.165, 1.54) is 23.8 Å². The second-order valence-electron chi connectivity index (χ2n) is 3.98. The number of anilines is 1. The number of carbonyl (C=O) groups is 1. The first-order chi connectivity index (χ1) is 10.7. The number of allylic oxidation sites excluding steroid dienone is 1. The fourth-order valence-corrected chi connectivity index (χ4v) is 2.62. The van der Waals surface area contributed by atoms with Crippen LogP contribution in [0.1, 0.15) is 17.3 Å². The van der Waals surface area contributed by atoms with Gasteiger partial charge < -0.3 is 14.5 Å². The van der Waals surface area contributed by atoms with Crippen molar-refractivity contribution in [3.63, 3.8) is 0 Å². The van der Waals surface area contributed by atoms with Gasteiger partial charge in [-0.25, -0.2) is 4.79 Å². The molecule has 2 heterocycles. The van der Waals surface area contributed by atoms with Gasteiger partial charge in [-0.1, -0.05) is 0 Å². The Morgan fingerprint density at radius 1 is 1.50 bits per heavy atom. The first-order valence-corrected chi connectivity index (χ1v) is 7.18. The van der Waals surface area contributed by atoms with Crippen LogP contribution in [0.15, 0.2) is 40.0 Å². The number of carbonyl (C=O) groups excluding carboxylic acids is 1. The molecule has 0 aliphatic rings. The minimum Gasteiger partial charge on any atom is -0.464 e. The topological polar surface area (TPSA) is 99.0 Å². The molecule has 0 atom stereocenters. The van der Waals surface area contributed by atoms with Crippen molar-refractivity contribution in [2.75, 3.05) is 11.9 Å². The summed E-state index contributed by atoms with van der Waals surface area (Å²) >= 11 is 1.26. The van der Waals surface area contributed by atoms with E-state index in [9.17, 15) is 4.79 Å². The molecule has 2 rings (SSSR count). The lowest BCUT2D eigenvalue weighted by Gasteiger charge is -2.05. The third-order valence-corrected chi connectivity index (χ3v) is 3.56. The van der Waals surface area contributed by atoms with E-state index < -0.39 is 5.97 Å². The Morgan fingerprint density at radius 2 is 2.27 bits per heavy atom. The molecule has 6 nitrogen and oxygen atoms in total. The molecule has 0 amide bonds. The van der Waals surface area contributed by atoms with E-state index in [2.05, 4.69) is 5.32 Å². The number of rotatable bonds is 5. The quantitative estimate of drug-likeness (QED) is 0.669. The summed E-state index contributed by atoms with van der Waals surface area (Å²) in [6.07, 6.45) is 2.76. The fraction of sp³-hybridized carbons (Fsp3) is 0.133. The van der Waals surface area contributed by atoms with Gasteiger partial charge in [-0.3, -0.25) is 0 Å². The molecule has 0 aliphatic heterocycles. The van der Waals surface area contributed by atoms with Crippen LogP contribution in [0, 0.1) is 22.7 Å². The molecule has 0 saturated heterocycles. The number of nitrogens with one attached hydrogen (secondary N) is 1. The van der Waals surface area contributed by atoms with Gasteiger partial charge in [-0.15, -0.1) is 11.3 Å². The number of ether oxygens (including phenoxy) is 1. The Kier molecular flexibility index (Phi) is 4.97. The molecule has 0 radical (unpaired) electrons. The predicted molar refractivity (Wildman–Crippen MR) is 80.9 cm³/mol. The Balaban J connectivity index is 2.43. The van der Waals surface area contributed by atoms with Gasteiger partial charge in [-0.2, -0.15) is 10.5 Å². The molecular weight excluding hydrogens is 302 g/mol. The first-order valence-electron chi connectivity index (χ1n) is 6.30. The van der Waals surface area contributed by atoms with E-state index in [1.54, 1.807) is 36.6 Å². The summed E-state index contributed by atoms with van der Waals surface area (Å²) in [6, 6.07) is 6.93. The third kappa shape index (κ3) is 3.17. The van der Waals surface area contributed by atoms with E-state index in [4.69, 9.17) is 19.7 Å². The molecule has 0 fully saturated rings. The number of hydrogen-bond donors (Lipinski definition) is 1. The van der Waals surface area contributed by atoms with Crippen LogP contribution in [0.5, 0.6) is 0 Å². The molecule has 7 heteroatoms. The van der Waals surface area contributed by atoms with Crippen LogP contribution in [0.2, 0.25) is 0 Å². The predicted octanol–water partition coefficient (Wildman–Crippen LogP) is 3.53. The summed E-state index contributed by atoms with van der Waals surface area (Å²) in [7, 11) is 0. The summed E-state index contributed by atoms with van der Waals surface area (Å²) in [4.78, 5) is 12.2. The maximum Gasteiger partial charge on any atom is 0.341 e. The van der Waals surface area contributed by atoms with E-state index in [0.29, 0.717) is 21.9 Å². The lowest BCUT2D eigenvalue weighted by atomic mass is 10.1. The zero-order valence-electron chi connectivity index (χ0n) is 11.6. The highest BCUT2D eigenvalue weighted by Gasteiger charge is 2.22. The van der Waals surface area contributed by atoms with Crippen LogP contribution in [0.3, 0.4) is 0 Å². The zero-order valence-corrected chi connectivity index (χ0v) is 12.4. The van der Waals surface area contributed by atoms with Crippen LogP contribution in [-0.2, 0) is 4.74 Å². The number of furan rings is 1. The molecule has 1 N–H and O–H groups in total. The maximum atomic E-state index is 12.2. The van der Waals surface area contributed by atoms with Gasteiger partial charge in [0.15, 0.2) is 0 Å². The summed E-state index contributed by atoms with van der Waals surface area (Å²) in [5.74, 6) is 0.0404. The van der Waals surface area contributed by atoms with Crippen molar-refractivity contribution in [1.82, 2.24) is 0 Å². The molecule has 0 aromatic carbocycles. The normalized spacial score (nSPS) is 9.41. The summed E-state index contributed by atoms with van der Waals surface area (Å²) in [6.45, 7) is 1.95. The lowest BCUT2D eigenvalue weighted by molar-refractivity contribution is 0.0528. The Morgan fingerprint density at radius 3 is 2.86 bits per heavy atom. The second kappa shape index (κ2) is 7.11. The number of thiophene rings is 1.